The fraction of sp³-hybridized carbons (Fsp3) is 0.526. The molecule has 1 fully saturated rings. The maximum absolute atomic E-state index is 12.8. The summed E-state index contributed by atoms with van der Waals surface area (Å²) in [6.07, 6.45) is 6.84. The van der Waals surface area contributed by atoms with Crippen LogP contribution in [-0.2, 0) is 13.1 Å². The molecule has 138 valence electrons. The predicted octanol–water partition coefficient (Wildman–Crippen LogP) is 2.50. The molecule has 1 saturated carbocycles. The molecule has 0 saturated heterocycles. The third kappa shape index (κ3) is 3.25. The second-order valence-corrected chi connectivity index (χ2v) is 7.17. The molecule has 0 spiro atoms. The molecule has 1 aliphatic heterocycles. The Morgan fingerprint density at radius 1 is 1.19 bits per heavy atom. The Balaban J connectivity index is 1.54. The summed E-state index contributed by atoms with van der Waals surface area (Å²) < 4.78 is 7.33. The molecule has 0 atom stereocenters. The average molecular weight is 356 g/mol. The number of hydrogen-bond acceptors (Lipinski definition) is 4. The lowest BCUT2D eigenvalue weighted by atomic mass is 10.2. The number of furan rings is 1. The van der Waals surface area contributed by atoms with Gasteiger partial charge in [-0.15, -0.1) is 0 Å². The molecule has 2 aromatic rings. The summed E-state index contributed by atoms with van der Waals surface area (Å²) in [6.45, 7) is 3.50. The topological polar surface area (TPSA) is 80.4 Å². The maximum atomic E-state index is 12.8. The number of nitrogens with one attached hydrogen (secondary N) is 1. The Morgan fingerprint density at radius 3 is 2.73 bits per heavy atom. The molecule has 1 N–H and O–H groups in total. The van der Waals surface area contributed by atoms with Crippen molar-refractivity contribution in [1.29, 1.82) is 0 Å². The smallest absolute Gasteiger partial charge is 0.289 e. The van der Waals surface area contributed by atoms with Crippen LogP contribution in [0.3, 0.4) is 0 Å². The second kappa shape index (κ2) is 6.97. The van der Waals surface area contributed by atoms with Crippen LogP contribution in [0.2, 0.25) is 0 Å². The van der Waals surface area contributed by atoms with Crippen molar-refractivity contribution in [3.63, 3.8) is 0 Å². The van der Waals surface area contributed by atoms with Gasteiger partial charge in [0.05, 0.1) is 24.0 Å². The summed E-state index contributed by atoms with van der Waals surface area (Å²) in [7, 11) is 0. The van der Waals surface area contributed by atoms with Gasteiger partial charge in [-0.2, -0.15) is 5.10 Å². The van der Waals surface area contributed by atoms with E-state index in [1.165, 1.54) is 12.8 Å². The van der Waals surface area contributed by atoms with Crippen LogP contribution in [0.4, 0.5) is 0 Å². The minimum Gasteiger partial charge on any atom is -0.456 e. The lowest BCUT2D eigenvalue weighted by Crippen LogP contribution is -2.34. The van der Waals surface area contributed by atoms with E-state index in [1.807, 2.05) is 11.6 Å². The summed E-state index contributed by atoms with van der Waals surface area (Å²) in [4.78, 5) is 27.2. The van der Waals surface area contributed by atoms with Crippen molar-refractivity contribution in [2.45, 2.75) is 58.2 Å². The third-order valence-electron chi connectivity index (χ3n) is 5.26. The molecule has 0 unspecified atom stereocenters. The van der Waals surface area contributed by atoms with Crippen LogP contribution in [0.25, 0.3) is 0 Å². The Labute approximate surface area is 152 Å². The summed E-state index contributed by atoms with van der Waals surface area (Å²) in [5.41, 5.74) is 1.38. The van der Waals surface area contributed by atoms with Crippen LogP contribution < -0.4 is 5.32 Å². The minimum atomic E-state index is -0.144. The highest BCUT2D eigenvalue weighted by atomic mass is 16.3. The highest BCUT2D eigenvalue weighted by molar-refractivity contribution is 5.96. The number of carbonyl (C=O) groups excluding carboxylic acids is 2. The van der Waals surface area contributed by atoms with Gasteiger partial charge in [0, 0.05) is 19.1 Å². The number of rotatable bonds is 3. The van der Waals surface area contributed by atoms with E-state index in [1.54, 1.807) is 23.2 Å². The van der Waals surface area contributed by atoms with Crippen molar-refractivity contribution < 1.29 is 14.0 Å². The van der Waals surface area contributed by atoms with Gasteiger partial charge < -0.3 is 14.6 Å². The highest BCUT2D eigenvalue weighted by Gasteiger charge is 2.28. The predicted molar refractivity (Wildman–Crippen MR) is 94.8 cm³/mol. The van der Waals surface area contributed by atoms with Gasteiger partial charge in [0.25, 0.3) is 11.8 Å². The summed E-state index contributed by atoms with van der Waals surface area (Å²) in [6, 6.07) is 3.75. The van der Waals surface area contributed by atoms with E-state index in [2.05, 4.69) is 10.4 Å². The van der Waals surface area contributed by atoms with Crippen molar-refractivity contribution in [1.82, 2.24) is 20.0 Å². The zero-order valence-corrected chi connectivity index (χ0v) is 15.0. The Kier molecular flexibility index (Phi) is 4.53. The van der Waals surface area contributed by atoms with Gasteiger partial charge in [0.1, 0.15) is 5.76 Å². The quantitative estimate of drug-likeness (QED) is 0.916. The third-order valence-corrected chi connectivity index (χ3v) is 5.26. The summed E-state index contributed by atoms with van der Waals surface area (Å²) >= 11 is 0. The number of aryl methyl sites for hydroxylation is 2. The van der Waals surface area contributed by atoms with E-state index >= 15 is 0 Å². The molecular weight excluding hydrogens is 332 g/mol. The van der Waals surface area contributed by atoms with Gasteiger partial charge in [-0.25, -0.2) is 0 Å². The molecule has 7 nitrogen and oxygen atoms in total. The molecule has 4 rings (SSSR count). The first-order valence-electron chi connectivity index (χ1n) is 9.33. The second-order valence-electron chi connectivity index (χ2n) is 7.17. The number of fused-ring (bicyclic) bond motifs is 1. The normalized spacial score (nSPS) is 17.8. The molecule has 2 aromatic heterocycles. The van der Waals surface area contributed by atoms with Crippen molar-refractivity contribution in [3.05, 3.63) is 41.1 Å². The van der Waals surface area contributed by atoms with Gasteiger partial charge in [-0.05, 0) is 38.3 Å². The molecule has 0 radical (unpaired) electrons. The van der Waals surface area contributed by atoms with E-state index in [0.717, 1.165) is 25.0 Å². The molecule has 7 heteroatoms. The Hall–Kier alpha value is -2.57. The first-order chi connectivity index (χ1) is 12.6. The van der Waals surface area contributed by atoms with Crippen molar-refractivity contribution in [2.75, 3.05) is 6.54 Å². The minimum absolute atomic E-state index is 0.0821. The van der Waals surface area contributed by atoms with Crippen LogP contribution >= 0.6 is 0 Å². The molecule has 2 amide bonds. The maximum Gasteiger partial charge on any atom is 0.289 e. The van der Waals surface area contributed by atoms with Crippen LogP contribution in [0, 0.1) is 6.92 Å². The van der Waals surface area contributed by atoms with Gasteiger partial charge in [-0.1, -0.05) is 12.8 Å². The van der Waals surface area contributed by atoms with Crippen molar-refractivity contribution >= 4 is 11.8 Å². The summed E-state index contributed by atoms with van der Waals surface area (Å²) in [5.74, 6) is 0.827. The zero-order valence-electron chi connectivity index (χ0n) is 15.0. The monoisotopic (exact) mass is 356 g/mol. The van der Waals surface area contributed by atoms with Gasteiger partial charge in [0.15, 0.2) is 5.76 Å². The Bertz CT molecular complexity index is 817. The highest BCUT2D eigenvalue weighted by Crippen LogP contribution is 2.21. The average Bonchev–Trinajstić information content (AvgIpc) is 3.34. The van der Waals surface area contributed by atoms with Crippen LogP contribution in [-0.4, -0.2) is 39.1 Å². The lowest BCUT2D eigenvalue weighted by molar-refractivity contribution is 0.0710. The SMILES string of the molecule is Cc1ccc(C(=O)N2CCCn3ncc(C(=O)NC4CCCC4)c3C2)o1. The first-order valence-corrected chi connectivity index (χ1v) is 9.33. The van der Waals surface area contributed by atoms with Crippen molar-refractivity contribution in [2.24, 2.45) is 0 Å². The fourth-order valence-corrected chi connectivity index (χ4v) is 3.84. The van der Waals surface area contributed by atoms with E-state index < -0.39 is 0 Å². The molecule has 0 aromatic carbocycles. The number of carbonyl (C=O) groups is 2. The standard InChI is InChI=1S/C19H24N4O3/c1-13-7-8-17(26-13)19(25)22-9-4-10-23-16(12-22)15(11-20-23)18(24)21-14-5-2-3-6-14/h7-8,11,14H,2-6,9-10,12H2,1H3,(H,21,24). The summed E-state index contributed by atoms with van der Waals surface area (Å²) in [5, 5.41) is 7.49. The number of hydrogen-bond donors (Lipinski definition) is 1. The Morgan fingerprint density at radius 2 is 2.00 bits per heavy atom. The van der Waals surface area contributed by atoms with E-state index in [-0.39, 0.29) is 17.9 Å². The first kappa shape index (κ1) is 16.9. The largest absolute Gasteiger partial charge is 0.456 e. The number of nitrogens with zero attached hydrogens (tertiary/aromatic N) is 3. The molecule has 2 aliphatic rings. The van der Waals surface area contributed by atoms with Gasteiger partial charge in [0.2, 0.25) is 0 Å². The van der Waals surface area contributed by atoms with Gasteiger partial charge in [-0.3, -0.25) is 14.3 Å². The molecule has 3 heterocycles. The van der Waals surface area contributed by atoms with Gasteiger partial charge >= 0.3 is 0 Å². The van der Waals surface area contributed by atoms with Crippen LogP contribution in [0.5, 0.6) is 0 Å². The number of aromatic nitrogens is 2. The van der Waals surface area contributed by atoms with Crippen molar-refractivity contribution in [3.8, 4) is 0 Å². The van der Waals surface area contributed by atoms with E-state index in [9.17, 15) is 9.59 Å². The molecule has 1 aliphatic carbocycles. The van der Waals surface area contributed by atoms with Crippen LogP contribution in [0.1, 0.15) is 64.5 Å². The van der Waals surface area contributed by atoms with E-state index in [4.69, 9.17) is 4.42 Å². The lowest BCUT2D eigenvalue weighted by Gasteiger charge is -2.19. The fourth-order valence-electron chi connectivity index (χ4n) is 3.84. The van der Waals surface area contributed by atoms with E-state index in [0.29, 0.717) is 36.7 Å². The zero-order chi connectivity index (χ0) is 18.1. The van der Waals surface area contributed by atoms with Crippen LogP contribution in [0.15, 0.2) is 22.7 Å². The molecule has 0 bridgehead atoms. The number of amides is 2. The molecular formula is C19H24N4O3. The molecule has 26 heavy (non-hydrogen) atoms.